The molecular weight excluding hydrogens is 248 g/mol. The summed E-state index contributed by atoms with van der Waals surface area (Å²) in [5.74, 6) is 0.827. The van der Waals surface area contributed by atoms with Gasteiger partial charge in [-0.2, -0.15) is 0 Å². The third-order valence-electron chi connectivity index (χ3n) is 3.35. The first-order valence-electron chi connectivity index (χ1n) is 7.60. The van der Waals surface area contributed by atoms with Gasteiger partial charge in [0.1, 0.15) is 0 Å². The van der Waals surface area contributed by atoms with Gasteiger partial charge in [-0.25, -0.2) is 0 Å². The van der Waals surface area contributed by atoms with E-state index in [0.29, 0.717) is 18.4 Å². The Kier molecular flexibility index (Phi) is 6.73. The Hall–Kier alpha value is -1.35. The number of amides is 1. The van der Waals surface area contributed by atoms with Crippen LogP contribution in [0.1, 0.15) is 64.0 Å². The van der Waals surface area contributed by atoms with Crippen LogP contribution < -0.4 is 10.6 Å². The second kappa shape index (κ2) is 8.05. The molecule has 3 nitrogen and oxygen atoms in total. The molecule has 0 spiro atoms. The molecule has 0 aliphatic rings. The van der Waals surface area contributed by atoms with Gasteiger partial charge in [-0.1, -0.05) is 52.8 Å². The number of carbonyl (C=O) groups is 1. The van der Waals surface area contributed by atoms with Crippen molar-refractivity contribution in [3.8, 4) is 0 Å². The van der Waals surface area contributed by atoms with Crippen molar-refractivity contribution in [2.75, 3.05) is 18.4 Å². The molecule has 0 aliphatic heterocycles. The van der Waals surface area contributed by atoms with E-state index in [-0.39, 0.29) is 5.91 Å². The summed E-state index contributed by atoms with van der Waals surface area (Å²) >= 11 is 0. The average molecular weight is 276 g/mol. The topological polar surface area (TPSA) is 41.1 Å². The maximum absolute atomic E-state index is 12.1. The molecule has 0 unspecified atom stereocenters. The van der Waals surface area contributed by atoms with Crippen LogP contribution in [0.4, 0.5) is 5.69 Å². The van der Waals surface area contributed by atoms with Crippen LogP contribution in [0.2, 0.25) is 0 Å². The highest BCUT2D eigenvalue weighted by atomic mass is 16.1. The van der Waals surface area contributed by atoms with Gasteiger partial charge < -0.3 is 10.6 Å². The molecule has 112 valence electrons. The number of anilines is 1. The quantitative estimate of drug-likeness (QED) is 0.742. The summed E-state index contributed by atoms with van der Waals surface area (Å²) in [5, 5.41) is 6.24. The fraction of sp³-hybridized carbons (Fsp3) is 0.588. The molecule has 0 aromatic heterocycles. The highest BCUT2D eigenvalue weighted by Crippen LogP contribution is 2.32. The van der Waals surface area contributed by atoms with Crippen LogP contribution in [0, 0.1) is 0 Å². The molecule has 0 bridgehead atoms. The molecule has 3 heteroatoms. The fourth-order valence-corrected chi connectivity index (χ4v) is 2.26. The lowest BCUT2D eigenvalue weighted by Crippen LogP contribution is -2.29. The standard InChI is InChI=1S/C17H28N2O/c1-6-10-18-11-16(20)19-17-14(12(2)3)8-7-9-15(17)13(4)5/h7-9,12-13,18H,6,10-11H2,1-5H3,(H,19,20). The third kappa shape index (κ3) is 4.64. The van der Waals surface area contributed by atoms with Crippen LogP contribution in [-0.4, -0.2) is 19.0 Å². The molecule has 0 atom stereocenters. The van der Waals surface area contributed by atoms with Crippen molar-refractivity contribution in [3.63, 3.8) is 0 Å². The number of rotatable bonds is 7. The van der Waals surface area contributed by atoms with Crippen molar-refractivity contribution < 1.29 is 4.79 Å². The predicted octanol–water partition coefficient (Wildman–Crippen LogP) is 3.87. The maximum Gasteiger partial charge on any atom is 0.238 e. The SMILES string of the molecule is CCCNCC(=O)Nc1c(C(C)C)cccc1C(C)C. The largest absolute Gasteiger partial charge is 0.324 e. The molecule has 1 amide bonds. The van der Waals surface area contributed by atoms with Crippen molar-refractivity contribution >= 4 is 11.6 Å². The zero-order valence-corrected chi connectivity index (χ0v) is 13.4. The Morgan fingerprint density at radius 3 is 2.10 bits per heavy atom. The normalized spacial score (nSPS) is 11.2. The molecule has 2 N–H and O–H groups in total. The molecule has 0 fully saturated rings. The Morgan fingerprint density at radius 1 is 1.10 bits per heavy atom. The molecular formula is C17H28N2O. The summed E-state index contributed by atoms with van der Waals surface area (Å²) in [6.45, 7) is 12.0. The first kappa shape index (κ1) is 16.7. The van der Waals surface area contributed by atoms with E-state index in [1.165, 1.54) is 11.1 Å². The maximum atomic E-state index is 12.1. The highest BCUT2D eigenvalue weighted by Gasteiger charge is 2.15. The highest BCUT2D eigenvalue weighted by molar-refractivity contribution is 5.94. The first-order chi connectivity index (χ1) is 9.47. The summed E-state index contributed by atoms with van der Waals surface area (Å²) in [7, 11) is 0. The average Bonchev–Trinajstić information content (AvgIpc) is 2.38. The number of benzene rings is 1. The van der Waals surface area contributed by atoms with Gasteiger partial charge in [-0.15, -0.1) is 0 Å². The first-order valence-corrected chi connectivity index (χ1v) is 7.60. The van der Waals surface area contributed by atoms with E-state index in [1.54, 1.807) is 0 Å². The van der Waals surface area contributed by atoms with Crippen LogP contribution in [0.25, 0.3) is 0 Å². The van der Waals surface area contributed by atoms with E-state index in [9.17, 15) is 4.79 Å². The number of hydrogen-bond donors (Lipinski definition) is 2. The van der Waals surface area contributed by atoms with Gasteiger partial charge in [0.25, 0.3) is 0 Å². The minimum atomic E-state index is 0.0356. The fourth-order valence-electron chi connectivity index (χ4n) is 2.26. The van der Waals surface area contributed by atoms with Crippen molar-refractivity contribution in [3.05, 3.63) is 29.3 Å². The van der Waals surface area contributed by atoms with Crippen LogP contribution in [0.3, 0.4) is 0 Å². The molecule has 20 heavy (non-hydrogen) atoms. The van der Waals surface area contributed by atoms with E-state index in [2.05, 4.69) is 63.5 Å². The zero-order valence-electron chi connectivity index (χ0n) is 13.4. The number of nitrogens with one attached hydrogen (secondary N) is 2. The smallest absolute Gasteiger partial charge is 0.238 e. The van der Waals surface area contributed by atoms with Gasteiger partial charge in [0, 0.05) is 5.69 Å². The Balaban J connectivity index is 2.93. The number of para-hydroxylation sites is 1. The van der Waals surface area contributed by atoms with Crippen molar-refractivity contribution in [1.82, 2.24) is 5.32 Å². The predicted molar refractivity (Wildman–Crippen MR) is 86.4 cm³/mol. The van der Waals surface area contributed by atoms with E-state index in [1.807, 2.05) is 0 Å². The Bertz CT molecular complexity index is 412. The molecule has 0 aliphatic carbocycles. The lowest BCUT2D eigenvalue weighted by molar-refractivity contribution is -0.115. The zero-order chi connectivity index (χ0) is 15.1. The third-order valence-corrected chi connectivity index (χ3v) is 3.35. The number of hydrogen-bond acceptors (Lipinski definition) is 2. The second-order valence-corrected chi connectivity index (χ2v) is 5.85. The van der Waals surface area contributed by atoms with E-state index in [0.717, 1.165) is 18.7 Å². The summed E-state index contributed by atoms with van der Waals surface area (Å²) in [4.78, 5) is 12.1. The van der Waals surface area contributed by atoms with Gasteiger partial charge in [-0.3, -0.25) is 4.79 Å². The molecule has 0 saturated heterocycles. The molecule has 1 aromatic rings. The van der Waals surface area contributed by atoms with E-state index in [4.69, 9.17) is 0 Å². The number of carbonyl (C=O) groups excluding carboxylic acids is 1. The lowest BCUT2D eigenvalue weighted by atomic mass is 9.92. The monoisotopic (exact) mass is 276 g/mol. The molecule has 0 heterocycles. The van der Waals surface area contributed by atoms with Crippen LogP contribution in [-0.2, 0) is 4.79 Å². The van der Waals surface area contributed by atoms with Crippen molar-refractivity contribution in [2.45, 2.75) is 52.9 Å². The molecule has 0 saturated carbocycles. The minimum Gasteiger partial charge on any atom is -0.324 e. The molecule has 1 aromatic carbocycles. The van der Waals surface area contributed by atoms with Crippen molar-refractivity contribution in [2.24, 2.45) is 0 Å². The van der Waals surface area contributed by atoms with Gasteiger partial charge in [-0.05, 0) is 35.9 Å². The minimum absolute atomic E-state index is 0.0356. The summed E-state index contributed by atoms with van der Waals surface area (Å²) in [6.07, 6.45) is 1.03. The van der Waals surface area contributed by atoms with Crippen LogP contribution >= 0.6 is 0 Å². The molecule has 0 radical (unpaired) electrons. The Morgan fingerprint density at radius 2 is 1.65 bits per heavy atom. The summed E-state index contributed by atoms with van der Waals surface area (Å²) in [5.41, 5.74) is 3.42. The summed E-state index contributed by atoms with van der Waals surface area (Å²) in [6, 6.07) is 6.28. The Labute approximate surface area is 123 Å². The molecule has 1 rings (SSSR count). The van der Waals surface area contributed by atoms with Gasteiger partial charge in [0.05, 0.1) is 6.54 Å². The van der Waals surface area contributed by atoms with Crippen LogP contribution in [0.5, 0.6) is 0 Å². The van der Waals surface area contributed by atoms with Gasteiger partial charge in [0.2, 0.25) is 5.91 Å². The van der Waals surface area contributed by atoms with E-state index >= 15 is 0 Å². The van der Waals surface area contributed by atoms with Crippen molar-refractivity contribution in [1.29, 1.82) is 0 Å². The van der Waals surface area contributed by atoms with Gasteiger partial charge >= 0.3 is 0 Å². The lowest BCUT2D eigenvalue weighted by Gasteiger charge is -2.20. The summed E-state index contributed by atoms with van der Waals surface area (Å²) < 4.78 is 0. The van der Waals surface area contributed by atoms with Crippen LogP contribution in [0.15, 0.2) is 18.2 Å². The van der Waals surface area contributed by atoms with Gasteiger partial charge in [0.15, 0.2) is 0 Å². The van der Waals surface area contributed by atoms with E-state index < -0.39 is 0 Å². The second-order valence-electron chi connectivity index (χ2n) is 5.85.